The molecule has 0 aliphatic heterocycles. The first kappa shape index (κ1) is 18.5. The zero-order valence-corrected chi connectivity index (χ0v) is 14.6. The lowest BCUT2D eigenvalue weighted by atomic mass is 10.1. The smallest absolute Gasteiger partial charge is 0.242 e. The van der Waals surface area contributed by atoms with Gasteiger partial charge in [0.1, 0.15) is 6.54 Å². The van der Waals surface area contributed by atoms with Gasteiger partial charge in [-0.25, -0.2) is 0 Å². The van der Waals surface area contributed by atoms with E-state index in [9.17, 15) is 9.59 Å². The monoisotopic (exact) mass is 324 g/mol. The minimum Gasteiger partial charge on any atom is -0.341 e. The second-order valence-electron chi connectivity index (χ2n) is 5.42. The lowest BCUT2D eigenvalue weighted by Gasteiger charge is -2.27. The molecule has 0 aliphatic carbocycles. The number of nitrogens with zero attached hydrogens (tertiary/aromatic N) is 2. The molecule has 0 bridgehead atoms. The van der Waals surface area contributed by atoms with Crippen LogP contribution < -0.4 is 4.90 Å². The molecule has 22 heavy (non-hydrogen) atoms. The van der Waals surface area contributed by atoms with E-state index in [1.807, 2.05) is 31.7 Å². The van der Waals surface area contributed by atoms with Gasteiger partial charge in [-0.15, -0.1) is 0 Å². The van der Waals surface area contributed by atoms with Crippen molar-refractivity contribution in [1.82, 2.24) is 4.90 Å². The molecule has 0 heterocycles. The molecular weight excluding hydrogens is 300 g/mol. The van der Waals surface area contributed by atoms with E-state index in [1.54, 1.807) is 12.1 Å². The SMILES string of the molecule is CCCN(CCC)C(=O)CN(C(C)=O)c1cc(Cl)ccc1C. The van der Waals surface area contributed by atoms with Crippen LogP contribution in [0.1, 0.15) is 39.2 Å². The Morgan fingerprint density at radius 3 is 2.23 bits per heavy atom. The molecule has 122 valence electrons. The number of anilines is 1. The minimum atomic E-state index is -0.160. The van der Waals surface area contributed by atoms with Crippen molar-refractivity contribution in [1.29, 1.82) is 0 Å². The van der Waals surface area contributed by atoms with Crippen LogP contribution >= 0.6 is 11.6 Å². The molecule has 1 rings (SSSR count). The summed E-state index contributed by atoms with van der Waals surface area (Å²) in [7, 11) is 0. The standard InChI is InChI=1S/C17H25ClN2O2/c1-5-9-19(10-6-2)17(22)12-20(14(4)21)16-11-15(18)8-7-13(16)3/h7-8,11H,5-6,9-10,12H2,1-4H3. The average molecular weight is 325 g/mol. The van der Waals surface area contributed by atoms with Crippen molar-refractivity contribution < 1.29 is 9.59 Å². The lowest BCUT2D eigenvalue weighted by molar-refractivity contribution is -0.131. The van der Waals surface area contributed by atoms with Gasteiger partial charge >= 0.3 is 0 Å². The summed E-state index contributed by atoms with van der Waals surface area (Å²) in [4.78, 5) is 27.8. The number of halogens is 1. The van der Waals surface area contributed by atoms with Crippen LogP contribution in [0.4, 0.5) is 5.69 Å². The Kier molecular flexibility index (Phi) is 7.39. The summed E-state index contributed by atoms with van der Waals surface area (Å²) in [5, 5.41) is 0.554. The predicted octanol–water partition coefficient (Wildman–Crippen LogP) is 3.65. The molecule has 0 fully saturated rings. The summed E-state index contributed by atoms with van der Waals surface area (Å²) >= 11 is 6.03. The van der Waals surface area contributed by atoms with E-state index in [4.69, 9.17) is 11.6 Å². The van der Waals surface area contributed by atoms with E-state index in [2.05, 4.69) is 0 Å². The van der Waals surface area contributed by atoms with Gasteiger partial charge in [-0.05, 0) is 37.5 Å². The van der Waals surface area contributed by atoms with Crippen molar-refractivity contribution in [3.8, 4) is 0 Å². The number of benzene rings is 1. The topological polar surface area (TPSA) is 40.6 Å². The quantitative estimate of drug-likeness (QED) is 0.768. The first-order chi connectivity index (χ1) is 10.4. The molecule has 1 aromatic carbocycles. The van der Waals surface area contributed by atoms with Crippen LogP contribution in [-0.4, -0.2) is 36.3 Å². The number of carbonyl (C=O) groups excluding carboxylic acids is 2. The minimum absolute atomic E-state index is 0.0294. The number of rotatable bonds is 7. The Hall–Kier alpha value is -1.55. The molecule has 0 N–H and O–H groups in total. The highest BCUT2D eigenvalue weighted by molar-refractivity contribution is 6.31. The van der Waals surface area contributed by atoms with Crippen LogP contribution in [-0.2, 0) is 9.59 Å². The Morgan fingerprint density at radius 2 is 1.73 bits per heavy atom. The van der Waals surface area contributed by atoms with E-state index >= 15 is 0 Å². The largest absolute Gasteiger partial charge is 0.341 e. The first-order valence-electron chi connectivity index (χ1n) is 7.72. The van der Waals surface area contributed by atoms with Gasteiger partial charge in [-0.2, -0.15) is 0 Å². The third kappa shape index (κ3) is 5.02. The van der Waals surface area contributed by atoms with Crippen LogP contribution in [0, 0.1) is 6.92 Å². The van der Waals surface area contributed by atoms with Crippen molar-refractivity contribution in [2.45, 2.75) is 40.5 Å². The highest BCUT2D eigenvalue weighted by Gasteiger charge is 2.21. The summed E-state index contributed by atoms with van der Waals surface area (Å²) in [5.41, 5.74) is 1.62. The van der Waals surface area contributed by atoms with Crippen LogP contribution in [0.5, 0.6) is 0 Å². The Balaban J connectivity index is 2.99. The average Bonchev–Trinajstić information content (AvgIpc) is 2.46. The van der Waals surface area contributed by atoms with Gasteiger partial charge in [0, 0.05) is 30.7 Å². The van der Waals surface area contributed by atoms with Gasteiger partial charge in [0.25, 0.3) is 0 Å². The van der Waals surface area contributed by atoms with E-state index in [0.29, 0.717) is 23.8 Å². The van der Waals surface area contributed by atoms with E-state index in [1.165, 1.54) is 11.8 Å². The molecule has 5 heteroatoms. The van der Waals surface area contributed by atoms with Crippen LogP contribution in [0.3, 0.4) is 0 Å². The highest BCUT2D eigenvalue weighted by Crippen LogP contribution is 2.24. The molecule has 4 nitrogen and oxygen atoms in total. The van der Waals surface area contributed by atoms with Crippen LogP contribution in [0.2, 0.25) is 5.02 Å². The second-order valence-corrected chi connectivity index (χ2v) is 5.85. The van der Waals surface area contributed by atoms with Gasteiger partial charge in [0.15, 0.2) is 0 Å². The Labute approximate surface area is 138 Å². The number of hydrogen-bond donors (Lipinski definition) is 0. The van der Waals surface area contributed by atoms with Crippen molar-refractivity contribution >= 4 is 29.1 Å². The summed E-state index contributed by atoms with van der Waals surface area (Å²) in [6.07, 6.45) is 1.81. The zero-order chi connectivity index (χ0) is 16.7. The van der Waals surface area contributed by atoms with Crippen molar-refractivity contribution in [3.05, 3.63) is 28.8 Å². The lowest BCUT2D eigenvalue weighted by Crippen LogP contribution is -2.43. The van der Waals surface area contributed by atoms with Gasteiger partial charge in [-0.3, -0.25) is 9.59 Å². The van der Waals surface area contributed by atoms with Gasteiger partial charge in [-0.1, -0.05) is 31.5 Å². The molecule has 0 spiro atoms. The summed E-state index contributed by atoms with van der Waals surface area (Å²) in [6, 6.07) is 5.37. The Morgan fingerprint density at radius 1 is 1.14 bits per heavy atom. The molecule has 0 unspecified atom stereocenters. The highest BCUT2D eigenvalue weighted by atomic mass is 35.5. The molecule has 1 aromatic rings. The zero-order valence-electron chi connectivity index (χ0n) is 13.9. The van der Waals surface area contributed by atoms with E-state index in [0.717, 1.165) is 18.4 Å². The van der Waals surface area contributed by atoms with Crippen molar-refractivity contribution in [2.75, 3.05) is 24.5 Å². The normalized spacial score (nSPS) is 10.4. The molecule has 0 aromatic heterocycles. The molecule has 2 amide bonds. The number of amides is 2. The third-order valence-electron chi connectivity index (χ3n) is 3.48. The summed E-state index contributed by atoms with van der Waals surface area (Å²) in [5.74, 6) is -0.190. The molecule has 0 aliphatic rings. The maximum Gasteiger partial charge on any atom is 0.242 e. The molecule has 0 saturated heterocycles. The second kappa shape index (κ2) is 8.79. The fourth-order valence-electron chi connectivity index (χ4n) is 2.38. The third-order valence-corrected chi connectivity index (χ3v) is 3.71. The summed E-state index contributed by atoms with van der Waals surface area (Å²) < 4.78 is 0. The van der Waals surface area contributed by atoms with E-state index < -0.39 is 0 Å². The predicted molar refractivity (Wildman–Crippen MR) is 91.4 cm³/mol. The maximum absolute atomic E-state index is 12.5. The van der Waals surface area contributed by atoms with Gasteiger partial charge in [0.05, 0.1) is 0 Å². The van der Waals surface area contributed by atoms with Crippen molar-refractivity contribution in [2.24, 2.45) is 0 Å². The Bertz CT molecular complexity index is 525. The number of aryl methyl sites for hydroxylation is 1. The summed E-state index contributed by atoms with van der Waals surface area (Å²) in [6.45, 7) is 8.94. The maximum atomic E-state index is 12.5. The van der Waals surface area contributed by atoms with Gasteiger partial charge in [0.2, 0.25) is 11.8 Å². The van der Waals surface area contributed by atoms with Crippen molar-refractivity contribution in [3.63, 3.8) is 0 Å². The van der Waals surface area contributed by atoms with E-state index in [-0.39, 0.29) is 18.4 Å². The number of hydrogen-bond acceptors (Lipinski definition) is 2. The fraction of sp³-hybridized carbons (Fsp3) is 0.529. The van der Waals surface area contributed by atoms with Crippen LogP contribution in [0.25, 0.3) is 0 Å². The number of carbonyl (C=O) groups is 2. The molecule has 0 radical (unpaired) electrons. The van der Waals surface area contributed by atoms with Crippen LogP contribution in [0.15, 0.2) is 18.2 Å². The molecular formula is C17H25ClN2O2. The first-order valence-corrected chi connectivity index (χ1v) is 8.10. The fourth-order valence-corrected chi connectivity index (χ4v) is 2.54. The van der Waals surface area contributed by atoms with Gasteiger partial charge < -0.3 is 9.80 Å². The molecule has 0 atom stereocenters. The molecule has 0 saturated carbocycles.